The highest BCUT2D eigenvalue weighted by Crippen LogP contribution is 2.44. The fourth-order valence-corrected chi connectivity index (χ4v) is 7.56. The molecule has 11 nitrogen and oxygen atoms in total. The zero-order valence-electron chi connectivity index (χ0n) is 27.7. The SMILES string of the molecule is C[NH+]=CN=C(N)c1ccc(C2=CCN(C(=O)CN3CC[C@]4(CCN(c5ccc6n[nH]c(C7C=NC=CC7C(F)(F)F)c6c5)C4=O)C3)CC2)cc1. The van der Waals surface area contributed by atoms with E-state index in [1.807, 2.05) is 29.2 Å². The lowest BCUT2D eigenvalue weighted by Gasteiger charge is -2.29. The number of halogens is 3. The lowest BCUT2D eigenvalue weighted by atomic mass is 9.85. The second-order valence-electron chi connectivity index (χ2n) is 13.3. The lowest BCUT2D eigenvalue weighted by Crippen LogP contribution is -2.62. The van der Waals surface area contributed by atoms with Crippen molar-refractivity contribution < 1.29 is 27.8 Å². The number of hydrogen-bond acceptors (Lipinski definition) is 5. The number of benzene rings is 2. The first-order chi connectivity index (χ1) is 24.1. The highest BCUT2D eigenvalue weighted by atomic mass is 19.4. The number of aromatic amines is 1. The van der Waals surface area contributed by atoms with Gasteiger partial charge in [-0.05, 0) is 72.3 Å². The van der Waals surface area contributed by atoms with Gasteiger partial charge >= 0.3 is 6.18 Å². The number of amides is 2. The third-order valence-corrected chi connectivity index (χ3v) is 10.4. The van der Waals surface area contributed by atoms with Crippen LogP contribution in [0.3, 0.4) is 0 Å². The molecule has 1 spiro atoms. The fourth-order valence-electron chi connectivity index (χ4n) is 7.56. The zero-order chi connectivity index (χ0) is 35.0. The van der Waals surface area contributed by atoms with Crippen LogP contribution in [0.5, 0.6) is 0 Å². The molecule has 4 aliphatic rings. The second kappa shape index (κ2) is 13.3. The highest BCUT2D eigenvalue weighted by Gasteiger charge is 2.51. The first-order valence-electron chi connectivity index (χ1n) is 16.8. The number of allylic oxidation sites excluding steroid dienone is 1. The summed E-state index contributed by atoms with van der Waals surface area (Å²) in [7, 11) is 1.76. The van der Waals surface area contributed by atoms with Crippen LogP contribution in [0.15, 0.2) is 70.8 Å². The molecule has 50 heavy (non-hydrogen) atoms. The first-order valence-corrected chi connectivity index (χ1v) is 16.8. The van der Waals surface area contributed by atoms with Crippen LogP contribution in [0, 0.1) is 11.3 Å². The van der Waals surface area contributed by atoms with Gasteiger partial charge in [0.05, 0.1) is 42.1 Å². The number of anilines is 1. The van der Waals surface area contributed by atoms with E-state index >= 15 is 0 Å². The molecule has 4 aliphatic heterocycles. The van der Waals surface area contributed by atoms with Crippen LogP contribution in [-0.4, -0.2) is 103 Å². The largest absolute Gasteiger partial charge is 0.396 e. The van der Waals surface area contributed by atoms with Gasteiger partial charge in [0.2, 0.25) is 17.6 Å². The average Bonchev–Trinajstić information content (AvgIpc) is 3.83. The number of nitrogens with zero attached hydrogens (tertiary/aromatic N) is 6. The van der Waals surface area contributed by atoms with E-state index in [4.69, 9.17) is 5.73 Å². The summed E-state index contributed by atoms with van der Waals surface area (Å²) in [5.41, 5.74) is 9.98. The Hall–Kier alpha value is -5.11. The van der Waals surface area contributed by atoms with Gasteiger partial charge in [0, 0.05) is 55.2 Å². The summed E-state index contributed by atoms with van der Waals surface area (Å²) in [5.74, 6) is -2.34. The Morgan fingerprint density at radius 2 is 1.96 bits per heavy atom. The van der Waals surface area contributed by atoms with Crippen LogP contribution < -0.4 is 15.6 Å². The molecule has 2 fully saturated rings. The zero-order valence-corrected chi connectivity index (χ0v) is 27.7. The van der Waals surface area contributed by atoms with E-state index in [2.05, 4.69) is 36.2 Å². The molecule has 2 unspecified atom stereocenters. The highest BCUT2D eigenvalue weighted by molar-refractivity contribution is 6.02. The number of carbonyl (C=O) groups excluding carboxylic acids is 2. The minimum Gasteiger partial charge on any atom is -0.362 e. The number of hydrogen-bond donors (Lipinski definition) is 3. The van der Waals surface area contributed by atoms with Crippen molar-refractivity contribution in [3.63, 3.8) is 0 Å². The number of carbonyl (C=O) groups is 2. The molecule has 14 heteroatoms. The maximum absolute atomic E-state index is 14.0. The van der Waals surface area contributed by atoms with E-state index < -0.39 is 23.4 Å². The summed E-state index contributed by atoms with van der Waals surface area (Å²) in [4.78, 5) is 43.9. The van der Waals surface area contributed by atoms with Crippen LogP contribution in [0.2, 0.25) is 0 Å². The smallest absolute Gasteiger partial charge is 0.362 e. The van der Waals surface area contributed by atoms with E-state index in [9.17, 15) is 22.8 Å². The van der Waals surface area contributed by atoms with Crippen molar-refractivity contribution in [3.8, 4) is 0 Å². The third-order valence-electron chi connectivity index (χ3n) is 10.4. The van der Waals surface area contributed by atoms with Crippen LogP contribution in [0.1, 0.15) is 42.0 Å². The van der Waals surface area contributed by atoms with E-state index in [1.165, 1.54) is 24.3 Å². The van der Waals surface area contributed by atoms with Crippen molar-refractivity contribution in [1.82, 2.24) is 20.0 Å². The number of nitrogens with one attached hydrogen (secondary N) is 2. The van der Waals surface area contributed by atoms with Crippen molar-refractivity contribution in [2.45, 2.75) is 31.4 Å². The van der Waals surface area contributed by atoms with Crippen molar-refractivity contribution >= 4 is 52.4 Å². The van der Waals surface area contributed by atoms with Crippen molar-refractivity contribution in [2.75, 3.05) is 51.2 Å². The minimum atomic E-state index is -4.45. The predicted molar refractivity (Wildman–Crippen MR) is 186 cm³/mol. The van der Waals surface area contributed by atoms with Crippen LogP contribution >= 0.6 is 0 Å². The molecule has 5 heterocycles. The third kappa shape index (κ3) is 6.35. The first kappa shape index (κ1) is 33.4. The van der Waals surface area contributed by atoms with Crippen molar-refractivity contribution in [1.29, 1.82) is 0 Å². The average molecular weight is 687 g/mol. The van der Waals surface area contributed by atoms with Crippen molar-refractivity contribution in [2.24, 2.45) is 27.1 Å². The lowest BCUT2D eigenvalue weighted by molar-refractivity contribution is -0.414. The summed E-state index contributed by atoms with van der Waals surface area (Å²) in [5, 5.41) is 7.57. The van der Waals surface area contributed by atoms with Crippen LogP contribution in [0.25, 0.3) is 16.5 Å². The summed E-state index contributed by atoms with van der Waals surface area (Å²) >= 11 is 0. The standard InChI is InChI=1S/C36H38F3N9O2/c1-41-22-43-33(40)25-4-2-23(3-5-25)24-9-14-47(15-10-24)31(49)20-46-16-11-35(21-46)12-17-48(34(35)50)26-6-7-30-27(18-26)32(45-44-30)28-19-42-13-8-29(28)36(37,38)39/h2-9,13,18-19,22,28-29H,10-12,14-17,20-21H2,1H3,(H,44,45)(H2,40,41,43)/p+1/t28?,29?,35-/m0/s1. The number of likely N-dealkylation sites (tertiary alicyclic amines) is 1. The monoisotopic (exact) mass is 686 g/mol. The molecule has 260 valence electrons. The topological polar surface area (TPSA) is 137 Å². The number of alkyl halides is 3. The van der Waals surface area contributed by atoms with Gasteiger partial charge in [-0.25, -0.2) is 0 Å². The van der Waals surface area contributed by atoms with E-state index in [1.54, 1.807) is 30.1 Å². The molecule has 2 amide bonds. The van der Waals surface area contributed by atoms with Crippen molar-refractivity contribution in [3.05, 3.63) is 77.6 Å². The fraction of sp³-hybridized carbons (Fsp3) is 0.389. The summed E-state index contributed by atoms with van der Waals surface area (Å²) in [6, 6.07) is 13.2. The number of aromatic nitrogens is 2. The quantitative estimate of drug-likeness (QED) is 0.259. The summed E-state index contributed by atoms with van der Waals surface area (Å²) < 4.78 is 41.5. The van der Waals surface area contributed by atoms with Gasteiger partial charge in [0.1, 0.15) is 0 Å². The van der Waals surface area contributed by atoms with Gasteiger partial charge < -0.3 is 15.5 Å². The summed E-state index contributed by atoms with van der Waals surface area (Å²) in [6.45, 7) is 3.01. The Balaban J connectivity index is 0.977. The summed E-state index contributed by atoms with van der Waals surface area (Å²) in [6.07, 6.45) is 4.73. The van der Waals surface area contributed by atoms with E-state index in [-0.39, 0.29) is 18.4 Å². The van der Waals surface area contributed by atoms with Gasteiger partial charge in [-0.3, -0.25) is 29.6 Å². The van der Waals surface area contributed by atoms with E-state index in [0.29, 0.717) is 73.7 Å². The number of aliphatic imine (C=N–C) groups is 2. The Bertz CT molecular complexity index is 1950. The van der Waals surface area contributed by atoms with Gasteiger partial charge in [-0.1, -0.05) is 24.3 Å². The molecule has 1 aromatic heterocycles. The molecule has 4 N–H and O–H groups in total. The molecule has 0 saturated carbocycles. The number of nitrogens with two attached hydrogens (primary N) is 1. The molecule has 0 aliphatic carbocycles. The molecule has 0 bridgehead atoms. The number of rotatable bonds is 7. The predicted octanol–water partition coefficient (Wildman–Crippen LogP) is 2.61. The Morgan fingerprint density at radius 3 is 2.70 bits per heavy atom. The number of fused-ring (bicyclic) bond motifs is 1. The Morgan fingerprint density at radius 1 is 1.16 bits per heavy atom. The second-order valence-corrected chi connectivity index (χ2v) is 13.3. The molecular formula is C36H39F3N9O2+. The molecule has 3 atom stereocenters. The maximum Gasteiger partial charge on any atom is 0.396 e. The van der Waals surface area contributed by atoms with E-state index in [0.717, 1.165) is 23.6 Å². The Kier molecular flexibility index (Phi) is 8.89. The molecule has 0 radical (unpaired) electrons. The number of amidine groups is 1. The van der Waals surface area contributed by atoms with Gasteiger partial charge in [0.15, 0.2) is 0 Å². The molecule has 2 saturated heterocycles. The minimum absolute atomic E-state index is 0.0167. The maximum atomic E-state index is 14.0. The van der Waals surface area contributed by atoms with Crippen LogP contribution in [-0.2, 0) is 9.59 Å². The van der Waals surface area contributed by atoms with Gasteiger partial charge in [0.25, 0.3) is 6.34 Å². The van der Waals surface area contributed by atoms with Gasteiger partial charge in [-0.15, -0.1) is 0 Å². The number of H-pyrrole nitrogens is 1. The molecule has 7 rings (SSSR count). The van der Waals surface area contributed by atoms with Gasteiger partial charge in [-0.2, -0.15) is 18.3 Å². The normalized spacial score (nSPS) is 24.8. The Labute approximate surface area is 287 Å². The molecule has 3 aromatic rings. The van der Waals surface area contributed by atoms with Crippen LogP contribution in [0.4, 0.5) is 18.9 Å². The molecule has 2 aromatic carbocycles. The molecular weight excluding hydrogens is 647 g/mol.